The van der Waals surface area contributed by atoms with Crippen molar-refractivity contribution in [3.8, 4) is 0 Å². The first-order valence-electron chi connectivity index (χ1n) is 9.93. The first-order chi connectivity index (χ1) is 13.0. The van der Waals surface area contributed by atoms with E-state index in [9.17, 15) is 15.0 Å². The van der Waals surface area contributed by atoms with Crippen LogP contribution in [0.4, 0.5) is 0 Å². The lowest BCUT2D eigenvalue weighted by molar-refractivity contribution is -0.142. The van der Waals surface area contributed by atoms with E-state index in [1.54, 1.807) is 13.0 Å². The Bertz CT molecular complexity index is 728. The molecule has 2 N–H and O–H groups in total. The largest absolute Gasteiger partial charge is 0.481 e. The van der Waals surface area contributed by atoms with Crippen molar-refractivity contribution in [2.45, 2.75) is 66.9 Å². The van der Waals surface area contributed by atoms with Gasteiger partial charge < -0.3 is 10.2 Å². The van der Waals surface area contributed by atoms with Crippen molar-refractivity contribution >= 4 is 5.97 Å². The quantitative estimate of drug-likeness (QED) is 0.389. The molecule has 1 aliphatic carbocycles. The van der Waals surface area contributed by atoms with Gasteiger partial charge in [0.15, 0.2) is 0 Å². The van der Waals surface area contributed by atoms with E-state index >= 15 is 0 Å². The molecular formula is C25H36O3. The number of aliphatic carboxylic acids is 1. The molecule has 0 radical (unpaired) electrons. The number of aliphatic hydroxyl groups excluding tert-OH is 1. The third-order valence-electron chi connectivity index (χ3n) is 5.35. The van der Waals surface area contributed by atoms with E-state index in [4.69, 9.17) is 0 Å². The molecule has 0 amide bonds. The molecule has 1 rings (SSSR count). The van der Waals surface area contributed by atoms with Gasteiger partial charge in [-0.1, -0.05) is 79.2 Å². The van der Waals surface area contributed by atoms with Crippen LogP contribution >= 0.6 is 0 Å². The molecule has 28 heavy (non-hydrogen) atoms. The highest BCUT2D eigenvalue weighted by atomic mass is 16.4. The molecule has 2 atom stereocenters. The van der Waals surface area contributed by atoms with E-state index in [1.807, 2.05) is 25.2 Å². The molecule has 154 valence electrons. The summed E-state index contributed by atoms with van der Waals surface area (Å²) in [5.41, 5.74) is 5.53. The van der Waals surface area contributed by atoms with Crippen molar-refractivity contribution in [3.05, 3.63) is 70.9 Å². The molecule has 0 aliphatic heterocycles. The zero-order valence-corrected chi connectivity index (χ0v) is 18.2. The smallest absolute Gasteiger partial charge is 0.313 e. The predicted molar refractivity (Wildman–Crippen MR) is 118 cm³/mol. The van der Waals surface area contributed by atoms with Gasteiger partial charge in [0.2, 0.25) is 0 Å². The Kier molecular flexibility index (Phi) is 8.90. The lowest BCUT2D eigenvalue weighted by Crippen LogP contribution is -2.27. The van der Waals surface area contributed by atoms with Crippen LogP contribution in [0.25, 0.3) is 0 Å². The maximum Gasteiger partial charge on any atom is 0.313 e. The van der Waals surface area contributed by atoms with E-state index in [-0.39, 0.29) is 5.41 Å². The van der Waals surface area contributed by atoms with Gasteiger partial charge >= 0.3 is 5.97 Å². The summed E-state index contributed by atoms with van der Waals surface area (Å²) in [7, 11) is 0. The highest BCUT2D eigenvalue weighted by molar-refractivity contribution is 5.74. The standard InChI is InChI=1S/C25H36O3/c1-17(2)23(24(27)28)22(26)16-19(4)11-8-10-18(3)13-14-21-20(5)12-9-15-25(21,6)7/h8,10-11,13-14,16,22-23,26H,1,9,12,15H2,2-7H3,(H,27,28). The number of carbonyl (C=O) groups is 1. The molecule has 3 nitrogen and oxygen atoms in total. The summed E-state index contributed by atoms with van der Waals surface area (Å²) < 4.78 is 0. The molecule has 0 fully saturated rings. The minimum Gasteiger partial charge on any atom is -0.481 e. The predicted octanol–water partition coefficient (Wildman–Crippen LogP) is 6.16. The highest BCUT2D eigenvalue weighted by Gasteiger charge is 2.26. The number of hydrogen-bond donors (Lipinski definition) is 2. The second kappa shape index (κ2) is 10.4. The minimum atomic E-state index is -1.09. The average Bonchev–Trinajstić information content (AvgIpc) is 2.52. The van der Waals surface area contributed by atoms with Crippen LogP contribution in [0.15, 0.2) is 70.9 Å². The molecule has 0 saturated heterocycles. The highest BCUT2D eigenvalue weighted by Crippen LogP contribution is 2.40. The zero-order valence-electron chi connectivity index (χ0n) is 18.2. The molecule has 0 aromatic carbocycles. The van der Waals surface area contributed by atoms with Crippen molar-refractivity contribution in [2.24, 2.45) is 11.3 Å². The molecule has 0 heterocycles. The summed E-state index contributed by atoms with van der Waals surface area (Å²) in [6, 6.07) is 0. The van der Waals surface area contributed by atoms with Gasteiger partial charge in [-0.2, -0.15) is 0 Å². The molecule has 0 aromatic rings. The van der Waals surface area contributed by atoms with Gasteiger partial charge in [0.25, 0.3) is 0 Å². The lowest BCUT2D eigenvalue weighted by atomic mass is 9.72. The maximum absolute atomic E-state index is 11.2. The lowest BCUT2D eigenvalue weighted by Gasteiger charge is -2.32. The van der Waals surface area contributed by atoms with Gasteiger partial charge in [-0.25, -0.2) is 0 Å². The molecule has 1 aliphatic rings. The third kappa shape index (κ3) is 7.12. The van der Waals surface area contributed by atoms with Crippen molar-refractivity contribution in [1.29, 1.82) is 0 Å². The molecule has 0 bridgehead atoms. The molecule has 0 aromatic heterocycles. The molecule has 0 spiro atoms. The Morgan fingerprint density at radius 3 is 2.36 bits per heavy atom. The topological polar surface area (TPSA) is 57.5 Å². The number of carboxylic acids is 1. The van der Waals surface area contributed by atoms with Gasteiger partial charge in [0.05, 0.1) is 6.10 Å². The Balaban J connectivity index is 2.82. The SMILES string of the molecule is C=C(C)C(C(=O)O)C(O)C=C(C)C=CC=C(C)C=CC1=C(C)CCCC1(C)C. The maximum atomic E-state index is 11.2. The van der Waals surface area contributed by atoms with Gasteiger partial charge in [-0.3, -0.25) is 4.79 Å². The van der Waals surface area contributed by atoms with Gasteiger partial charge in [0, 0.05) is 0 Å². The number of rotatable bonds is 8. The van der Waals surface area contributed by atoms with E-state index in [0.717, 1.165) is 11.1 Å². The Morgan fingerprint density at radius 1 is 1.18 bits per heavy atom. The summed E-state index contributed by atoms with van der Waals surface area (Å²) in [5, 5.41) is 19.4. The van der Waals surface area contributed by atoms with Gasteiger partial charge in [-0.05, 0) is 57.9 Å². The molecular weight excluding hydrogens is 348 g/mol. The Hall–Kier alpha value is -2.13. The van der Waals surface area contributed by atoms with Crippen LogP contribution < -0.4 is 0 Å². The van der Waals surface area contributed by atoms with E-state index in [1.165, 1.54) is 30.4 Å². The van der Waals surface area contributed by atoms with Crippen molar-refractivity contribution in [3.63, 3.8) is 0 Å². The van der Waals surface area contributed by atoms with E-state index in [2.05, 4.69) is 46.4 Å². The first kappa shape index (κ1) is 23.9. The summed E-state index contributed by atoms with van der Waals surface area (Å²) in [5.74, 6) is -2.05. The number of aliphatic hydroxyl groups is 1. The summed E-state index contributed by atoms with van der Waals surface area (Å²) >= 11 is 0. The normalized spacial score (nSPS) is 20.7. The summed E-state index contributed by atoms with van der Waals surface area (Å²) in [6.45, 7) is 16.0. The second-order valence-electron chi connectivity index (χ2n) is 8.60. The van der Waals surface area contributed by atoms with Crippen LogP contribution in [-0.2, 0) is 4.79 Å². The Labute approximate surface area is 170 Å². The van der Waals surface area contributed by atoms with Crippen molar-refractivity contribution < 1.29 is 15.0 Å². The first-order valence-corrected chi connectivity index (χ1v) is 9.93. The number of carboxylic acid groups (broad SMARTS) is 1. The number of allylic oxidation sites excluding steroid dienone is 9. The fourth-order valence-corrected chi connectivity index (χ4v) is 3.70. The van der Waals surface area contributed by atoms with Crippen molar-refractivity contribution in [1.82, 2.24) is 0 Å². The zero-order chi connectivity index (χ0) is 21.5. The van der Waals surface area contributed by atoms with Gasteiger partial charge in [-0.15, -0.1) is 0 Å². The summed E-state index contributed by atoms with van der Waals surface area (Å²) in [4.78, 5) is 11.2. The van der Waals surface area contributed by atoms with Crippen LogP contribution in [-0.4, -0.2) is 22.3 Å². The summed E-state index contributed by atoms with van der Waals surface area (Å²) in [6.07, 6.45) is 14.3. The Morgan fingerprint density at radius 2 is 1.82 bits per heavy atom. The molecule has 2 unspecified atom stereocenters. The second-order valence-corrected chi connectivity index (χ2v) is 8.60. The average molecular weight is 385 g/mol. The minimum absolute atomic E-state index is 0.231. The molecule has 3 heteroatoms. The third-order valence-corrected chi connectivity index (χ3v) is 5.35. The van der Waals surface area contributed by atoms with Crippen LogP contribution in [0.5, 0.6) is 0 Å². The fraction of sp³-hybridized carbons (Fsp3) is 0.480. The van der Waals surface area contributed by atoms with Crippen molar-refractivity contribution in [2.75, 3.05) is 0 Å². The van der Waals surface area contributed by atoms with Crippen LogP contribution in [0.2, 0.25) is 0 Å². The van der Waals surface area contributed by atoms with Gasteiger partial charge in [0.1, 0.15) is 5.92 Å². The fourth-order valence-electron chi connectivity index (χ4n) is 3.70. The van der Waals surface area contributed by atoms with Crippen LogP contribution in [0.3, 0.4) is 0 Å². The van der Waals surface area contributed by atoms with Crippen LogP contribution in [0, 0.1) is 11.3 Å². The number of hydrogen-bond acceptors (Lipinski definition) is 2. The van der Waals surface area contributed by atoms with E-state index < -0.39 is 18.0 Å². The van der Waals surface area contributed by atoms with Crippen LogP contribution in [0.1, 0.15) is 60.8 Å². The monoisotopic (exact) mass is 384 g/mol. The van der Waals surface area contributed by atoms with E-state index in [0.29, 0.717) is 5.57 Å². The molecule has 0 saturated carbocycles.